The van der Waals surface area contributed by atoms with Crippen LogP contribution in [0.4, 0.5) is 16.8 Å². The van der Waals surface area contributed by atoms with Gasteiger partial charge in [-0.25, -0.2) is 9.97 Å². The van der Waals surface area contributed by atoms with Crippen molar-refractivity contribution in [1.29, 1.82) is 0 Å². The molecule has 0 aliphatic carbocycles. The number of halogens is 1. The molecule has 0 spiro atoms. The number of nitrogens with zero attached hydrogens (tertiary/aromatic N) is 4. The molecule has 4 rings (SSSR count). The zero-order valence-electron chi connectivity index (χ0n) is 18.2. The molecule has 2 saturated heterocycles. The minimum atomic E-state index is -0.0537. The Morgan fingerprint density at radius 1 is 1.31 bits per heavy atom. The highest BCUT2D eigenvalue weighted by atomic mass is 35.5. The molecule has 2 aromatic rings. The van der Waals surface area contributed by atoms with Gasteiger partial charge in [0.15, 0.2) is 5.13 Å². The predicted molar refractivity (Wildman–Crippen MR) is 129 cm³/mol. The molecule has 0 saturated carbocycles. The van der Waals surface area contributed by atoms with Crippen LogP contribution < -0.4 is 10.6 Å². The van der Waals surface area contributed by atoms with Gasteiger partial charge in [0.2, 0.25) is 5.91 Å². The summed E-state index contributed by atoms with van der Waals surface area (Å²) in [5.74, 6) is 1.52. The lowest BCUT2D eigenvalue weighted by atomic mass is 10.1. The van der Waals surface area contributed by atoms with Crippen molar-refractivity contribution in [3.63, 3.8) is 0 Å². The molecule has 4 heterocycles. The number of ether oxygens (including phenoxy) is 1. The highest BCUT2D eigenvalue weighted by Gasteiger charge is 2.23. The van der Waals surface area contributed by atoms with Gasteiger partial charge >= 0.3 is 0 Å². The van der Waals surface area contributed by atoms with Gasteiger partial charge in [0.1, 0.15) is 11.6 Å². The molecule has 8 nitrogen and oxygen atoms in total. The lowest BCUT2D eigenvalue weighted by Gasteiger charge is -2.33. The maximum Gasteiger partial charge on any atom is 0.247 e. The van der Waals surface area contributed by atoms with Crippen molar-refractivity contribution in [3.05, 3.63) is 40.4 Å². The summed E-state index contributed by atoms with van der Waals surface area (Å²) < 4.78 is 5.48. The molecule has 32 heavy (non-hydrogen) atoms. The normalized spacial score (nSPS) is 19.9. The lowest BCUT2D eigenvalue weighted by molar-refractivity contribution is -0.127. The van der Waals surface area contributed by atoms with Crippen LogP contribution in [-0.4, -0.2) is 71.1 Å². The minimum absolute atomic E-state index is 0.0537. The maximum absolute atomic E-state index is 12.2. The van der Waals surface area contributed by atoms with Crippen LogP contribution >= 0.6 is 22.9 Å². The Morgan fingerprint density at radius 3 is 2.88 bits per heavy atom. The summed E-state index contributed by atoms with van der Waals surface area (Å²) in [4.78, 5) is 26.8. The molecular formula is C22H29ClN6O2S. The van der Waals surface area contributed by atoms with Crippen LogP contribution in [0.3, 0.4) is 0 Å². The summed E-state index contributed by atoms with van der Waals surface area (Å²) in [6.45, 7) is 7.63. The third-order valence-corrected chi connectivity index (χ3v) is 6.50. The number of piperidine rings is 1. The van der Waals surface area contributed by atoms with Crippen LogP contribution in [0, 0.1) is 6.92 Å². The first kappa shape index (κ1) is 23.0. The second-order valence-corrected chi connectivity index (χ2v) is 9.58. The van der Waals surface area contributed by atoms with E-state index in [-0.39, 0.29) is 11.9 Å². The Hall–Kier alpha value is -2.20. The zero-order valence-corrected chi connectivity index (χ0v) is 19.8. The number of carbonyl (C=O) groups excluding carboxylic acids is 1. The van der Waals surface area contributed by atoms with Crippen molar-refractivity contribution in [2.75, 3.05) is 50.0 Å². The third kappa shape index (κ3) is 6.41. The molecule has 0 aromatic carbocycles. The van der Waals surface area contributed by atoms with Crippen LogP contribution in [0.25, 0.3) is 0 Å². The van der Waals surface area contributed by atoms with Gasteiger partial charge in [-0.1, -0.05) is 11.6 Å². The van der Waals surface area contributed by atoms with Gasteiger partial charge in [-0.15, -0.1) is 11.3 Å². The van der Waals surface area contributed by atoms with E-state index in [1.165, 1.54) is 17.2 Å². The van der Waals surface area contributed by atoms with E-state index in [4.69, 9.17) is 21.3 Å². The largest absolute Gasteiger partial charge is 0.379 e. The Bertz CT molecular complexity index is 946. The number of thiazole rings is 1. The van der Waals surface area contributed by atoms with Gasteiger partial charge in [0.25, 0.3) is 0 Å². The molecule has 2 aliphatic heterocycles. The molecule has 0 radical (unpaired) electrons. The van der Waals surface area contributed by atoms with E-state index >= 15 is 0 Å². The molecule has 2 aromatic heterocycles. The van der Waals surface area contributed by atoms with E-state index < -0.39 is 0 Å². The standard InChI is InChI=1S/C22H29ClN6O2S/c1-16-13-24-22(32-16)27-20-12-17(14-28-7-9-31-10-8-28)11-19(26-20)25-18-3-2-6-29(15-18)21(30)4-5-23/h4-5,11-13,18H,2-3,6-10,14-15H2,1H3,(H2,24,25,26,27). The van der Waals surface area contributed by atoms with Crippen molar-refractivity contribution in [1.82, 2.24) is 19.8 Å². The Labute approximate surface area is 197 Å². The highest BCUT2D eigenvalue weighted by molar-refractivity contribution is 7.15. The summed E-state index contributed by atoms with van der Waals surface area (Å²) in [5, 5.41) is 7.73. The van der Waals surface area contributed by atoms with Crippen molar-refractivity contribution in [2.45, 2.75) is 32.4 Å². The second-order valence-electron chi connectivity index (χ2n) is 8.10. The number of anilines is 3. The minimum Gasteiger partial charge on any atom is -0.379 e. The number of amides is 1. The maximum atomic E-state index is 12.2. The average molecular weight is 477 g/mol. The van der Waals surface area contributed by atoms with Crippen LogP contribution in [0.2, 0.25) is 0 Å². The number of nitrogens with one attached hydrogen (secondary N) is 2. The van der Waals surface area contributed by atoms with Crippen LogP contribution in [0.1, 0.15) is 23.3 Å². The number of carbonyl (C=O) groups is 1. The van der Waals surface area contributed by atoms with Crippen molar-refractivity contribution in [3.8, 4) is 0 Å². The van der Waals surface area contributed by atoms with Crippen LogP contribution in [0.5, 0.6) is 0 Å². The van der Waals surface area contributed by atoms with E-state index in [0.29, 0.717) is 6.54 Å². The smallest absolute Gasteiger partial charge is 0.247 e. The van der Waals surface area contributed by atoms with Gasteiger partial charge in [-0.3, -0.25) is 9.69 Å². The number of pyridine rings is 1. The molecule has 1 amide bonds. The summed E-state index contributed by atoms with van der Waals surface area (Å²) in [6, 6.07) is 4.32. The first-order valence-electron chi connectivity index (χ1n) is 10.9. The summed E-state index contributed by atoms with van der Waals surface area (Å²) in [7, 11) is 0. The van der Waals surface area contributed by atoms with E-state index in [1.54, 1.807) is 11.3 Å². The number of rotatable bonds is 7. The van der Waals surface area contributed by atoms with Crippen molar-refractivity contribution < 1.29 is 9.53 Å². The van der Waals surface area contributed by atoms with Crippen molar-refractivity contribution in [2.24, 2.45) is 0 Å². The van der Waals surface area contributed by atoms with E-state index in [1.807, 2.05) is 18.0 Å². The quantitative estimate of drug-likeness (QED) is 0.591. The first-order chi connectivity index (χ1) is 15.6. The van der Waals surface area contributed by atoms with Gasteiger partial charge in [-0.2, -0.15) is 0 Å². The topological polar surface area (TPSA) is 82.6 Å². The molecule has 172 valence electrons. The SMILES string of the molecule is Cc1cnc(Nc2cc(CN3CCOCC3)cc(NC3CCCN(C(=O)C=CCl)C3)n2)s1. The fraction of sp³-hybridized carbons (Fsp3) is 0.500. The second kappa shape index (κ2) is 11.1. The fourth-order valence-corrected chi connectivity index (χ4v) is 4.80. The molecule has 2 N–H and O–H groups in total. The Kier molecular flexibility index (Phi) is 7.96. The first-order valence-corrected chi connectivity index (χ1v) is 12.2. The van der Waals surface area contributed by atoms with Crippen LogP contribution in [-0.2, 0) is 16.1 Å². The lowest BCUT2D eigenvalue weighted by Crippen LogP contribution is -2.44. The number of aryl methyl sites for hydroxylation is 1. The molecule has 2 fully saturated rings. The number of morpholine rings is 1. The number of aromatic nitrogens is 2. The molecule has 10 heteroatoms. The summed E-state index contributed by atoms with van der Waals surface area (Å²) in [5.41, 5.74) is 2.45. The third-order valence-electron chi connectivity index (χ3n) is 5.54. The molecular weight excluding hydrogens is 448 g/mol. The van der Waals surface area contributed by atoms with Gasteiger partial charge in [0, 0.05) is 61.5 Å². The van der Waals surface area contributed by atoms with Crippen LogP contribution in [0.15, 0.2) is 29.9 Å². The van der Waals surface area contributed by atoms with E-state index in [9.17, 15) is 4.79 Å². The van der Waals surface area contributed by atoms with Gasteiger partial charge in [-0.05, 0) is 37.5 Å². The van der Waals surface area contributed by atoms with E-state index in [2.05, 4.69) is 32.7 Å². The van der Waals surface area contributed by atoms with Crippen molar-refractivity contribution >= 4 is 45.6 Å². The number of likely N-dealkylation sites (tertiary alicyclic amines) is 1. The monoisotopic (exact) mass is 476 g/mol. The average Bonchev–Trinajstić information content (AvgIpc) is 3.19. The summed E-state index contributed by atoms with van der Waals surface area (Å²) in [6.07, 6.45) is 5.19. The number of hydrogen-bond donors (Lipinski definition) is 2. The highest BCUT2D eigenvalue weighted by Crippen LogP contribution is 2.25. The van der Waals surface area contributed by atoms with Gasteiger partial charge < -0.3 is 20.3 Å². The van der Waals surface area contributed by atoms with Gasteiger partial charge in [0.05, 0.1) is 13.2 Å². The molecule has 2 aliphatic rings. The fourth-order valence-electron chi connectivity index (χ4n) is 4.02. The zero-order chi connectivity index (χ0) is 22.3. The predicted octanol–water partition coefficient (Wildman–Crippen LogP) is 3.58. The Balaban J connectivity index is 1.50. The molecule has 0 bridgehead atoms. The molecule has 1 atom stereocenters. The Morgan fingerprint density at radius 2 is 2.12 bits per heavy atom. The summed E-state index contributed by atoms with van der Waals surface area (Å²) >= 11 is 7.19. The number of hydrogen-bond acceptors (Lipinski definition) is 8. The van der Waals surface area contributed by atoms with E-state index in [0.717, 1.165) is 73.9 Å². The molecule has 1 unspecified atom stereocenters.